The van der Waals surface area contributed by atoms with Crippen molar-refractivity contribution in [3.63, 3.8) is 0 Å². The van der Waals surface area contributed by atoms with Crippen LogP contribution in [0.2, 0.25) is 0 Å². The molecule has 1 aliphatic carbocycles. The first-order valence-electron chi connectivity index (χ1n) is 7.83. The van der Waals surface area contributed by atoms with E-state index in [0.717, 1.165) is 5.92 Å². The van der Waals surface area contributed by atoms with E-state index in [1.807, 2.05) is 0 Å². The zero-order valence-electron chi connectivity index (χ0n) is 11.7. The molecule has 0 aromatic heterocycles. The van der Waals surface area contributed by atoms with Gasteiger partial charge in [0.25, 0.3) is 0 Å². The van der Waals surface area contributed by atoms with Crippen molar-refractivity contribution in [3.05, 3.63) is 0 Å². The molecule has 0 radical (unpaired) electrons. The minimum absolute atomic E-state index is 1.02. The number of hydrogen-bond donors (Lipinski definition) is 0. The Labute approximate surface area is 107 Å². The van der Waals surface area contributed by atoms with Crippen LogP contribution >= 0.6 is 0 Å². The van der Waals surface area contributed by atoms with Crippen molar-refractivity contribution in [2.45, 2.75) is 51.9 Å². The van der Waals surface area contributed by atoms with Crippen molar-refractivity contribution in [2.75, 3.05) is 39.3 Å². The van der Waals surface area contributed by atoms with Gasteiger partial charge in [-0.05, 0) is 31.7 Å². The van der Waals surface area contributed by atoms with Gasteiger partial charge in [0.1, 0.15) is 0 Å². The third-order valence-electron chi connectivity index (χ3n) is 4.53. The number of nitrogens with zero attached hydrogens (tertiary/aromatic N) is 2. The lowest BCUT2D eigenvalue weighted by atomic mass is 9.89. The molecule has 2 heteroatoms. The van der Waals surface area contributed by atoms with E-state index in [4.69, 9.17) is 0 Å². The molecule has 17 heavy (non-hydrogen) atoms. The summed E-state index contributed by atoms with van der Waals surface area (Å²) in [4.78, 5) is 5.37. The zero-order valence-corrected chi connectivity index (χ0v) is 11.7. The first-order valence-corrected chi connectivity index (χ1v) is 7.83. The molecule has 0 N–H and O–H groups in total. The van der Waals surface area contributed by atoms with Crippen molar-refractivity contribution in [1.82, 2.24) is 9.80 Å². The Morgan fingerprint density at radius 1 is 0.882 bits per heavy atom. The largest absolute Gasteiger partial charge is 0.301 e. The highest BCUT2D eigenvalue weighted by atomic mass is 15.3. The normalized spacial score (nSPS) is 25.2. The standard InChI is InChI=1S/C15H30N2/c1-2-3-9-16-10-12-17(13-11-16)14-15-7-5-4-6-8-15/h15H,2-14H2,1H3. The van der Waals surface area contributed by atoms with E-state index >= 15 is 0 Å². The summed E-state index contributed by atoms with van der Waals surface area (Å²) in [5, 5.41) is 0. The molecule has 2 aliphatic rings. The van der Waals surface area contributed by atoms with Gasteiger partial charge in [0.2, 0.25) is 0 Å². The van der Waals surface area contributed by atoms with Gasteiger partial charge in [-0.3, -0.25) is 0 Å². The van der Waals surface area contributed by atoms with Crippen molar-refractivity contribution in [2.24, 2.45) is 5.92 Å². The summed E-state index contributed by atoms with van der Waals surface area (Å²) >= 11 is 0. The first kappa shape index (κ1) is 13.4. The monoisotopic (exact) mass is 238 g/mol. The van der Waals surface area contributed by atoms with Crippen LogP contribution in [0.3, 0.4) is 0 Å². The second-order valence-electron chi connectivity index (χ2n) is 6.00. The van der Waals surface area contributed by atoms with Gasteiger partial charge in [0.05, 0.1) is 0 Å². The summed E-state index contributed by atoms with van der Waals surface area (Å²) in [6.45, 7) is 10.3. The van der Waals surface area contributed by atoms with Gasteiger partial charge in [-0.1, -0.05) is 32.6 Å². The lowest BCUT2D eigenvalue weighted by molar-refractivity contribution is 0.109. The molecule has 1 saturated heterocycles. The SMILES string of the molecule is CCCCN1CCN(CC2CCCCC2)CC1. The summed E-state index contributed by atoms with van der Waals surface area (Å²) in [6, 6.07) is 0. The maximum atomic E-state index is 2.72. The molecule has 1 saturated carbocycles. The number of unbranched alkanes of at least 4 members (excludes halogenated alkanes) is 1. The molecule has 0 unspecified atom stereocenters. The Hall–Kier alpha value is -0.0800. The predicted molar refractivity (Wildman–Crippen MR) is 74.4 cm³/mol. The Morgan fingerprint density at radius 3 is 2.18 bits per heavy atom. The Bertz CT molecular complexity index is 191. The molecule has 2 nitrogen and oxygen atoms in total. The van der Waals surface area contributed by atoms with E-state index in [9.17, 15) is 0 Å². The zero-order chi connectivity index (χ0) is 11.9. The highest BCUT2D eigenvalue weighted by molar-refractivity contribution is 4.76. The summed E-state index contributed by atoms with van der Waals surface area (Å²) in [5.41, 5.74) is 0. The van der Waals surface area contributed by atoms with Gasteiger partial charge in [0.15, 0.2) is 0 Å². The summed E-state index contributed by atoms with van der Waals surface area (Å²) in [6.07, 6.45) is 10.2. The first-order chi connectivity index (χ1) is 8.38. The minimum Gasteiger partial charge on any atom is -0.301 e. The number of piperazine rings is 1. The van der Waals surface area contributed by atoms with Crippen molar-refractivity contribution >= 4 is 0 Å². The molecular weight excluding hydrogens is 208 g/mol. The van der Waals surface area contributed by atoms with Gasteiger partial charge < -0.3 is 9.80 Å². The van der Waals surface area contributed by atoms with Crippen LogP contribution in [0.15, 0.2) is 0 Å². The molecule has 2 rings (SSSR count). The fraction of sp³-hybridized carbons (Fsp3) is 1.00. The predicted octanol–water partition coefficient (Wildman–Crippen LogP) is 2.98. The number of hydrogen-bond acceptors (Lipinski definition) is 2. The van der Waals surface area contributed by atoms with Crippen LogP contribution in [0.4, 0.5) is 0 Å². The molecule has 1 heterocycles. The summed E-state index contributed by atoms with van der Waals surface area (Å²) in [7, 11) is 0. The van der Waals surface area contributed by atoms with Gasteiger partial charge in [0, 0.05) is 32.7 Å². The molecule has 0 atom stereocenters. The fourth-order valence-electron chi connectivity index (χ4n) is 3.31. The third kappa shape index (κ3) is 4.59. The molecule has 0 aromatic rings. The van der Waals surface area contributed by atoms with Gasteiger partial charge in [-0.25, -0.2) is 0 Å². The van der Waals surface area contributed by atoms with Crippen LogP contribution in [0.5, 0.6) is 0 Å². The Morgan fingerprint density at radius 2 is 1.53 bits per heavy atom. The highest BCUT2D eigenvalue weighted by Crippen LogP contribution is 2.24. The van der Waals surface area contributed by atoms with E-state index in [2.05, 4.69) is 16.7 Å². The van der Waals surface area contributed by atoms with Crippen molar-refractivity contribution < 1.29 is 0 Å². The van der Waals surface area contributed by atoms with Crippen LogP contribution in [-0.2, 0) is 0 Å². The molecule has 100 valence electrons. The second-order valence-corrected chi connectivity index (χ2v) is 6.00. The van der Waals surface area contributed by atoms with E-state index < -0.39 is 0 Å². The van der Waals surface area contributed by atoms with Crippen LogP contribution in [0.25, 0.3) is 0 Å². The van der Waals surface area contributed by atoms with Gasteiger partial charge in [-0.2, -0.15) is 0 Å². The Kier molecular flexibility index (Phi) is 5.79. The molecule has 0 spiro atoms. The van der Waals surface area contributed by atoms with Crippen LogP contribution in [-0.4, -0.2) is 49.1 Å². The van der Waals surface area contributed by atoms with E-state index in [1.54, 1.807) is 0 Å². The van der Waals surface area contributed by atoms with Crippen molar-refractivity contribution in [3.8, 4) is 0 Å². The molecule has 0 bridgehead atoms. The Balaban J connectivity index is 1.61. The average molecular weight is 238 g/mol. The van der Waals surface area contributed by atoms with E-state index in [0.29, 0.717) is 0 Å². The fourth-order valence-corrected chi connectivity index (χ4v) is 3.31. The highest BCUT2D eigenvalue weighted by Gasteiger charge is 2.20. The number of rotatable bonds is 5. The molecule has 2 fully saturated rings. The minimum atomic E-state index is 1.02. The van der Waals surface area contributed by atoms with E-state index in [1.165, 1.54) is 84.2 Å². The van der Waals surface area contributed by atoms with Crippen LogP contribution < -0.4 is 0 Å². The van der Waals surface area contributed by atoms with Crippen molar-refractivity contribution in [1.29, 1.82) is 0 Å². The third-order valence-corrected chi connectivity index (χ3v) is 4.53. The molecule has 1 aliphatic heterocycles. The van der Waals surface area contributed by atoms with Gasteiger partial charge >= 0.3 is 0 Å². The van der Waals surface area contributed by atoms with E-state index in [-0.39, 0.29) is 0 Å². The maximum Gasteiger partial charge on any atom is 0.0110 e. The summed E-state index contributed by atoms with van der Waals surface area (Å²) < 4.78 is 0. The average Bonchev–Trinajstić information content (AvgIpc) is 2.39. The lowest BCUT2D eigenvalue weighted by Gasteiger charge is -2.37. The maximum absolute atomic E-state index is 2.72. The molecule has 0 amide bonds. The van der Waals surface area contributed by atoms with Crippen LogP contribution in [0, 0.1) is 5.92 Å². The summed E-state index contributed by atoms with van der Waals surface area (Å²) in [5.74, 6) is 1.02. The van der Waals surface area contributed by atoms with Gasteiger partial charge in [-0.15, -0.1) is 0 Å². The second kappa shape index (κ2) is 7.38. The topological polar surface area (TPSA) is 6.48 Å². The quantitative estimate of drug-likeness (QED) is 0.726. The van der Waals surface area contributed by atoms with Crippen LogP contribution in [0.1, 0.15) is 51.9 Å². The smallest absolute Gasteiger partial charge is 0.0110 e. The lowest BCUT2D eigenvalue weighted by Crippen LogP contribution is -2.48. The molecular formula is C15H30N2. The molecule has 0 aromatic carbocycles.